The second-order valence-corrected chi connectivity index (χ2v) is 8.82. The number of hydrogen-bond acceptors (Lipinski definition) is 3. The summed E-state index contributed by atoms with van der Waals surface area (Å²) in [6, 6.07) is 7.56. The summed E-state index contributed by atoms with van der Waals surface area (Å²) in [6.07, 6.45) is 22.0. The Morgan fingerprint density at radius 2 is 1.41 bits per heavy atom. The lowest BCUT2D eigenvalue weighted by Crippen LogP contribution is -2.38. The fourth-order valence-corrected chi connectivity index (χ4v) is 3.89. The number of methoxy groups -OCH3 is 1. The summed E-state index contributed by atoms with van der Waals surface area (Å²) in [5, 5.41) is 6.19. The summed E-state index contributed by atoms with van der Waals surface area (Å²) in [5.74, 6) is 0.490. The highest BCUT2D eigenvalue weighted by Crippen LogP contribution is 2.18. The second-order valence-electron chi connectivity index (χ2n) is 8.42. The molecule has 0 radical (unpaired) electrons. The summed E-state index contributed by atoms with van der Waals surface area (Å²) in [4.78, 5) is 12.0. The Kier molecular flexibility index (Phi) is 17.4. The lowest BCUT2D eigenvalue weighted by atomic mass is 10.0. The molecule has 1 aromatic carbocycles. The van der Waals surface area contributed by atoms with Gasteiger partial charge in [-0.2, -0.15) is 0 Å². The normalized spacial score (nSPS) is 10.9. The number of para-hydroxylation sites is 1. The minimum absolute atomic E-state index is 0.241. The number of rotatable bonds is 18. The summed E-state index contributed by atoms with van der Waals surface area (Å²) in [7, 11) is 1.61. The van der Waals surface area contributed by atoms with Crippen molar-refractivity contribution in [1.82, 2.24) is 10.6 Å². The van der Waals surface area contributed by atoms with Crippen LogP contribution in [0.25, 0.3) is 6.08 Å². The van der Waals surface area contributed by atoms with Crippen LogP contribution in [0.2, 0.25) is 0 Å². The molecule has 0 bridgehead atoms. The first-order valence-electron chi connectivity index (χ1n) is 12.6. The van der Waals surface area contributed by atoms with E-state index in [1.165, 1.54) is 89.5 Å². The highest BCUT2D eigenvalue weighted by Gasteiger charge is 2.02. The Morgan fingerprint density at radius 1 is 0.875 bits per heavy atom. The maximum atomic E-state index is 12.0. The molecule has 0 heterocycles. The van der Waals surface area contributed by atoms with Crippen molar-refractivity contribution in [1.29, 1.82) is 0 Å². The zero-order chi connectivity index (χ0) is 23.3. The first-order chi connectivity index (χ1) is 15.7. The van der Waals surface area contributed by atoms with E-state index >= 15 is 0 Å². The quantitative estimate of drug-likeness (QED) is 0.138. The van der Waals surface area contributed by atoms with Crippen LogP contribution in [0.5, 0.6) is 5.75 Å². The van der Waals surface area contributed by atoms with E-state index in [2.05, 4.69) is 17.6 Å². The van der Waals surface area contributed by atoms with Gasteiger partial charge >= 0.3 is 0 Å². The summed E-state index contributed by atoms with van der Waals surface area (Å²) in [5.41, 5.74) is 0.853. The van der Waals surface area contributed by atoms with Gasteiger partial charge in [0.25, 0.3) is 0 Å². The van der Waals surface area contributed by atoms with Gasteiger partial charge in [-0.25, -0.2) is 0 Å². The Balaban J connectivity index is 1.95. The molecule has 0 saturated heterocycles. The zero-order valence-corrected chi connectivity index (χ0v) is 21.1. The average Bonchev–Trinajstić information content (AvgIpc) is 2.80. The first-order valence-corrected chi connectivity index (χ1v) is 13.0. The van der Waals surface area contributed by atoms with Crippen LogP contribution >= 0.6 is 12.2 Å². The third-order valence-electron chi connectivity index (χ3n) is 5.61. The minimum atomic E-state index is -0.241. The van der Waals surface area contributed by atoms with E-state index in [-0.39, 0.29) is 5.91 Å². The van der Waals surface area contributed by atoms with Crippen molar-refractivity contribution in [3.63, 3.8) is 0 Å². The molecule has 0 aromatic heterocycles. The van der Waals surface area contributed by atoms with Crippen molar-refractivity contribution in [2.45, 2.75) is 96.8 Å². The maximum absolute atomic E-state index is 12.0. The van der Waals surface area contributed by atoms with Crippen LogP contribution in [0.3, 0.4) is 0 Å². The number of ether oxygens (including phenoxy) is 1. The van der Waals surface area contributed by atoms with Gasteiger partial charge in [0, 0.05) is 18.2 Å². The Bertz CT molecular complexity index is 661. The third-order valence-corrected chi connectivity index (χ3v) is 5.85. The van der Waals surface area contributed by atoms with Gasteiger partial charge in [0.1, 0.15) is 5.75 Å². The average molecular weight is 461 g/mol. The summed E-state index contributed by atoms with van der Waals surface area (Å²) in [6.45, 7) is 3.07. The number of carbonyl (C=O) groups is 1. The number of benzene rings is 1. The predicted molar refractivity (Wildman–Crippen MR) is 141 cm³/mol. The molecule has 0 saturated carbocycles. The Labute approximate surface area is 201 Å². The van der Waals surface area contributed by atoms with E-state index in [9.17, 15) is 4.79 Å². The standard InChI is InChI=1S/C27H44N2O2S/c1-3-4-5-6-7-8-9-10-11-12-13-14-15-18-23-28-27(32)29-26(30)22-21-24-19-16-17-20-25(24)31-2/h16-17,19-22H,3-15,18,23H2,1-2H3,(H2,28,29,30,32)/b22-21+. The molecule has 0 fully saturated rings. The van der Waals surface area contributed by atoms with E-state index in [0.29, 0.717) is 5.11 Å². The molecular weight excluding hydrogens is 416 g/mol. The van der Waals surface area contributed by atoms with Gasteiger partial charge in [-0.15, -0.1) is 0 Å². The van der Waals surface area contributed by atoms with Gasteiger partial charge in [-0.3, -0.25) is 10.1 Å². The van der Waals surface area contributed by atoms with Crippen molar-refractivity contribution >= 4 is 29.3 Å². The van der Waals surface area contributed by atoms with Crippen molar-refractivity contribution < 1.29 is 9.53 Å². The molecule has 0 aliphatic heterocycles. The molecular formula is C27H44N2O2S. The topological polar surface area (TPSA) is 50.4 Å². The van der Waals surface area contributed by atoms with Crippen LogP contribution in [0.1, 0.15) is 102 Å². The van der Waals surface area contributed by atoms with Gasteiger partial charge in [0.15, 0.2) is 5.11 Å². The summed E-state index contributed by atoms with van der Waals surface area (Å²) < 4.78 is 5.27. The van der Waals surface area contributed by atoms with Crippen LogP contribution in [0.15, 0.2) is 30.3 Å². The molecule has 32 heavy (non-hydrogen) atoms. The minimum Gasteiger partial charge on any atom is -0.496 e. The number of hydrogen-bond donors (Lipinski definition) is 2. The lowest BCUT2D eigenvalue weighted by molar-refractivity contribution is -0.115. The van der Waals surface area contributed by atoms with Crippen LogP contribution in [-0.4, -0.2) is 24.7 Å². The van der Waals surface area contributed by atoms with E-state index < -0.39 is 0 Å². The number of carbonyl (C=O) groups excluding carboxylic acids is 1. The summed E-state index contributed by atoms with van der Waals surface area (Å²) >= 11 is 5.21. The highest BCUT2D eigenvalue weighted by molar-refractivity contribution is 7.80. The molecule has 0 aliphatic rings. The molecule has 4 nitrogen and oxygen atoms in total. The number of amides is 1. The smallest absolute Gasteiger partial charge is 0.250 e. The van der Waals surface area contributed by atoms with Gasteiger partial charge in [-0.05, 0) is 30.8 Å². The Morgan fingerprint density at radius 3 is 1.97 bits per heavy atom. The third kappa shape index (κ3) is 15.0. The predicted octanol–water partition coefficient (Wildman–Crippen LogP) is 7.18. The molecule has 180 valence electrons. The van der Waals surface area contributed by atoms with Crippen LogP contribution in [0.4, 0.5) is 0 Å². The lowest BCUT2D eigenvalue weighted by Gasteiger charge is -2.08. The van der Waals surface area contributed by atoms with Crippen LogP contribution in [-0.2, 0) is 4.79 Å². The van der Waals surface area contributed by atoms with Gasteiger partial charge < -0.3 is 10.1 Å². The molecule has 1 amide bonds. The molecule has 0 unspecified atom stereocenters. The van der Waals surface area contributed by atoms with Crippen LogP contribution < -0.4 is 15.4 Å². The SMILES string of the molecule is CCCCCCCCCCCCCCCCNC(=S)NC(=O)/C=C/c1ccccc1OC. The fraction of sp³-hybridized carbons (Fsp3) is 0.630. The number of nitrogens with one attached hydrogen (secondary N) is 2. The Hall–Kier alpha value is -1.88. The van der Waals surface area contributed by atoms with E-state index in [1.807, 2.05) is 24.3 Å². The fourth-order valence-electron chi connectivity index (χ4n) is 3.69. The molecule has 0 aliphatic carbocycles. The monoisotopic (exact) mass is 460 g/mol. The first kappa shape index (κ1) is 28.2. The maximum Gasteiger partial charge on any atom is 0.250 e. The van der Waals surface area contributed by atoms with Gasteiger partial charge in [0.2, 0.25) is 5.91 Å². The molecule has 1 aromatic rings. The van der Waals surface area contributed by atoms with Crippen LogP contribution in [0, 0.1) is 0 Å². The van der Waals surface area contributed by atoms with Crippen molar-refractivity contribution in [3.05, 3.63) is 35.9 Å². The van der Waals surface area contributed by atoms with E-state index in [1.54, 1.807) is 13.2 Å². The van der Waals surface area contributed by atoms with E-state index in [0.717, 1.165) is 24.3 Å². The molecule has 1 rings (SSSR count). The van der Waals surface area contributed by atoms with Gasteiger partial charge in [-0.1, -0.05) is 109 Å². The zero-order valence-electron chi connectivity index (χ0n) is 20.3. The van der Waals surface area contributed by atoms with Crippen molar-refractivity contribution in [2.24, 2.45) is 0 Å². The number of thiocarbonyl (C=S) groups is 1. The molecule has 0 atom stereocenters. The van der Waals surface area contributed by atoms with Gasteiger partial charge in [0.05, 0.1) is 7.11 Å². The molecule has 0 spiro atoms. The van der Waals surface area contributed by atoms with Crippen molar-refractivity contribution in [2.75, 3.05) is 13.7 Å². The van der Waals surface area contributed by atoms with E-state index in [4.69, 9.17) is 17.0 Å². The number of unbranched alkanes of at least 4 members (excludes halogenated alkanes) is 13. The highest BCUT2D eigenvalue weighted by atomic mass is 32.1. The molecule has 5 heteroatoms. The largest absolute Gasteiger partial charge is 0.496 e. The second kappa shape index (κ2) is 19.8. The molecule has 2 N–H and O–H groups in total. The van der Waals surface area contributed by atoms with Crippen molar-refractivity contribution in [3.8, 4) is 5.75 Å².